The van der Waals surface area contributed by atoms with Crippen molar-refractivity contribution in [1.82, 2.24) is 19.9 Å². The van der Waals surface area contributed by atoms with Crippen molar-refractivity contribution in [3.63, 3.8) is 0 Å². The number of hydrogen-bond acceptors (Lipinski definition) is 5. The molecule has 1 saturated heterocycles. The number of ether oxygens (including phenoxy) is 1. The van der Waals surface area contributed by atoms with E-state index < -0.39 is 0 Å². The Hall–Kier alpha value is -1.70. The summed E-state index contributed by atoms with van der Waals surface area (Å²) in [4.78, 5) is 16.6. The lowest BCUT2D eigenvalue weighted by Crippen LogP contribution is -2.52. The summed E-state index contributed by atoms with van der Waals surface area (Å²) < 4.78 is 7.41. The van der Waals surface area contributed by atoms with E-state index in [0.29, 0.717) is 6.04 Å². The van der Waals surface area contributed by atoms with Gasteiger partial charge in [-0.25, -0.2) is 9.50 Å². The number of carbonyl (C=O) groups is 1. The average molecular weight is 338 g/mol. The second-order valence-electron chi connectivity index (χ2n) is 5.95. The van der Waals surface area contributed by atoms with E-state index in [4.69, 9.17) is 4.74 Å². The van der Waals surface area contributed by atoms with E-state index in [1.165, 1.54) is 6.33 Å². The summed E-state index contributed by atoms with van der Waals surface area (Å²) in [5.41, 5.74) is 1.51. The second-order valence-corrected chi connectivity index (χ2v) is 5.95. The summed E-state index contributed by atoms with van der Waals surface area (Å²) in [5, 5.41) is 10.5. The van der Waals surface area contributed by atoms with Gasteiger partial charge in [0.2, 0.25) is 5.91 Å². The van der Waals surface area contributed by atoms with E-state index in [0.717, 1.165) is 43.7 Å². The summed E-state index contributed by atoms with van der Waals surface area (Å²) in [6.07, 6.45) is 6.20. The summed E-state index contributed by atoms with van der Waals surface area (Å²) in [5.74, 6) is 0.104. The van der Waals surface area contributed by atoms with Crippen LogP contribution in [0.15, 0.2) is 24.7 Å². The molecule has 3 atom stereocenters. The monoisotopic (exact) mass is 337 g/mol. The van der Waals surface area contributed by atoms with Crippen LogP contribution in [0.2, 0.25) is 0 Å². The molecule has 0 unspecified atom stereocenters. The Morgan fingerprint density at radius 2 is 2.30 bits per heavy atom. The molecule has 0 bridgehead atoms. The SMILES string of the molecule is Cl.O=C(Nc1ccc2ncnn2c1)[C@H]1CC[C@H]2OCCN[C@@H]2C1. The predicted molar refractivity (Wildman–Crippen MR) is 87.7 cm³/mol. The Labute approximate surface area is 140 Å². The summed E-state index contributed by atoms with van der Waals surface area (Å²) in [7, 11) is 0. The lowest BCUT2D eigenvalue weighted by molar-refractivity contribution is -0.123. The lowest BCUT2D eigenvalue weighted by Gasteiger charge is -2.39. The van der Waals surface area contributed by atoms with E-state index in [1.807, 2.05) is 12.1 Å². The number of hydrogen-bond donors (Lipinski definition) is 2. The molecule has 0 radical (unpaired) electrons. The fourth-order valence-electron chi connectivity index (χ4n) is 3.38. The van der Waals surface area contributed by atoms with E-state index in [1.54, 1.807) is 10.7 Å². The predicted octanol–water partition coefficient (Wildman–Crippen LogP) is 1.25. The topological polar surface area (TPSA) is 80.6 Å². The van der Waals surface area contributed by atoms with E-state index in [-0.39, 0.29) is 30.3 Å². The third-order valence-corrected chi connectivity index (χ3v) is 4.54. The Kier molecular flexibility index (Phi) is 4.79. The lowest BCUT2D eigenvalue weighted by atomic mass is 9.82. The van der Waals surface area contributed by atoms with Gasteiger partial charge in [0.05, 0.1) is 24.6 Å². The van der Waals surface area contributed by atoms with Crippen molar-refractivity contribution in [2.75, 3.05) is 18.5 Å². The molecule has 1 amide bonds. The maximum absolute atomic E-state index is 12.5. The molecule has 2 aliphatic rings. The Morgan fingerprint density at radius 3 is 3.22 bits per heavy atom. The van der Waals surface area contributed by atoms with Gasteiger partial charge in [-0.1, -0.05) is 0 Å². The van der Waals surface area contributed by atoms with Crippen molar-refractivity contribution < 1.29 is 9.53 Å². The number of pyridine rings is 1. The first-order valence-electron chi connectivity index (χ1n) is 7.75. The van der Waals surface area contributed by atoms with E-state index in [9.17, 15) is 4.79 Å². The minimum Gasteiger partial charge on any atom is -0.375 e. The van der Waals surface area contributed by atoms with Crippen molar-refractivity contribution in [3.05, 3.63) is 24.7 Å². The van der Waals surface area contributed by atoms with Crippen LogP contribution in [-0.2, 0) is 9.53 Å². The number of aromatic nitrogens is 3. The smallest absolute Gasteiger partial charge is 0.227 e. The summed E-state index contributed by atoms with van der Waals surface area (Å²) in [6.45, 7) is 1.65. The van der Waals surface area contributed by atoms with Gasteiger partial charge in [-0.05, 0) is 31.4 Å². The first-order valence-corrected chi connectivity index (χ1v) is 7.75. The zero-order valence-corrected chi connectivity index (χ0v) is 13.5. The van der Waals surface area contributed by atoms with Crippen LogP contribution >= 0.6 is 12.4 Å². The van der Waals surface area contributed by atoms with Crippen molar-refractivity contribution in [1.29, 1.82) is 0 Å². The van der Waals surface area contributed by atoms with Gasteiger partial charge in [-0.15, -0.1) is 12.4 Å². The standard InChI is InChI=1S/C15H19N5O2.ClH/c21-15(10-1-3-13-12(7-10)16-5-6-22-13)19-11-2-4-14-17-9-18-20(14)8-11;/h2,4,8-10,12-13,16H,1,3,5-7H2,(H,19,21);1H/t10-,12+,13+;/m0./s1. The van der Waals surface area contributed by atoms with Gasteiger partial charge >= 0.3 is 0 Å². The van der Waals surface area contributed by atoms with Gasteiger partial charge in [0.15, 0.2) is 5.65 Å². The number of nitrogens with one attached hydrogen (secondary N) is 2. The number of carbonyl (C=O) groups excluding carboxylic acids is 1. The molecule has 3 heterocycles. The molecule has 2 aromatic heterocycles. The summed E-state index contributed by atoms with van der Waals surface area (Å²) >= 11 is 0. The van der Waals surface area contributed by atoms with Gasteiger partial charge in [0, 0.05) is 18.5 Å². The van der Waals surface area contributed by atoms with Gasteiger partial charge < -0.3 is 15.4 Å². The average Bonchev–Trinajstić information content (AvgIpc) is 3.02. The molecule has 7 nitrogen and oxygen atoms in total. The van der Waals surface area contributed by atoms with Crippen LogP contribution in [-0.4, -0.2) is 45.8 Å². The fraction of sp³-hybridized carbons (Fsp3) is 0.533. The zero-order chi connectivity index (χ0) is 14.9. The van der Waals surface area contributed by atoms with E-state index in [2.05, 4.69) is 20.7 Å². The number of rotatable bonds is 2. The Balaban J connectivity index is 0.00000156. The number of morpholine rings is 1. The third kappa shape index (κ3) is 3.31. The number of fused-ring (bicyclic) bond motifs is 2. The van der Waals surface area contributed by atoms with Crippen LogP contribution in [0.25, 0.3) is 5.65 Å². The number of nitrogens with zero attached hydrogens (tertiary/aromatic N) is 3. The quantitative estimate of drug-likeness (QED) is 0.862. The van der Waals surface area contributed by atoms with Gasteiger partial charge in [-0.3, -0.25) is 4.79 Å². The number of halogens is 1. The molecular weight excluding hydrogens is 318 g/mol. The molecule has 0 aromatic carbocycles. The highest BCUT2D eigenvalue weighted by Crippen LogP contribution is 2.29. The molecule has 4 rings (SSSR count). The Morgan fingerprint density at radius 1 is 1.39 bits per heavy atom. The van der Waals surface area contributed by atoms with Gasteiger partial charge in [0.1, 0.15) is 6.33 Å². The highest BCUT2D eigenvalue weighted by atomic mass is 35.5. The molecule has 2 fully saturated rings. The highest BCUT2D eigenvalue weighted by molar-refractivity contribution is 5.92. The van der Waals surface area contributed by atoms with Crippen LogP contribution in [0.4, 0.5) is 5.69 Å². The number of amides is 1. The Bertz CT molecular complexity index is 691. The second kappa shape index (κ2) is 6.82. The van der Waals surface area contributed by atoms with Crippen molar-refractivity contribution in [2.24, 2.45) is 5.92 Å². The molecule has 0 spiro atoms. The maximum Gasteiger partial charge on any atom is 0.227 e. The minimum absolute atomic E-state index is 0. The zero-order valence-electron chi connectivity index (χ0n) is 12.6. The molecule has 124 valence electrons. The molecule has 2 aromatic rings. The largest absolute Gasteiger partial charge is 0.375 e. The van der Waals surface area contributed by atoms with Gasteiger partial charge in [0.25, 0.3) is 0 Å². The molecule has 23 heavy (non-hydrogen) atoms. The normalized spacial score (nSPS) is 27.0. The van der Waals surface area contributed by atoms with Crippen LogP contribution in [0.5, 0.6) is 0 Å². The molecule has 1 aliphatic heterocycles. The molecular formula is C15H20ClN5O2. The van der Waals surface area contributed by atoms with Crippen LogP contribution in [0.1, 0.15) is 19.3 Å². The van der Waals surface area contributed by atoms with E-state index >= 15 is 0 Å². The molecule has 1 aliphatic carbocycles. The third-order valence-electron chi connectivity index (χ3n) is 4.54. The molecule has 1 saturated carbocycles. The van der Waals surface area contributed by atoms with Crippen molar-refractivity contribution in [2.45, 2.75) is 31.4 Å². The number of anilines is 1. The minimum atomic E-state index is 0. The van der Waals surface area contributed by atoms with Crippen LogP contribution in [0.3, 0.4) is 0 Å². The van der Waals surface area contributed by atoms with Crippen LogP contribution in [0, 0.1) is 5.92 Å². The summed E-state index contributed by atoms with van der Waals surface area (Å²) in [6, 6.07) is 4.00. The molecule has 8 heteroatoms. The highest BCUT2D eigenvalue weighted by Gasteiger charge is 2.35. The van der Waals surface area contributed by atoms with Crippen molar-refractivity contribution >= 4 is 29.6 Å². The first-order chi connectivity index (χ1) is 10.8. The fourth-order valence-corrected chi connectivity index (χ4v) is 3.38. The van der Waals surface area contributed by atoms with Crippen LogP contribution < -0.4 is 10.6 Å². The first kappa shape index (κ1) is 16.2. The van der Waals surface area contributed by atoms with Gasteiger partial charge in [-0.2, -0.15) is 5.10 Å². The van der Waals surface area contributed by atoms with Crippen molar-refractivity contribution in [3.8, 4) is 0 Å². The molecule has 2 N–H and O–H groups in total. The maximum atomic E-state index is 12.5.